The van der Waals surface area contributed by atoms with Crippen molar-refractivity contribution in [2.45, 2.75) is 12.7 Å². The molecule has 23 heavy (non-hydrogen) atoms. The summed E-state index contributed by atoms with van der Waals surface area (Å²) in [5, 5.41) is 3.02. The SMILES string of the molecule is NC(=O)c1ccccc1NCc1ccc(OCC(F)(F)F)nc1. The molecule has 122 valence electrons. The first-order chi connectivity index (χ1) is 10.8. The highest BCUT2D eigenvalue weighted by molar-refractivity contribution is 5.98. The van der Waals surface area contributed by atoms with E-state index in [9.17, 15) is 18.0 Å². The van der Waals surface area contributed by atoms with E-state index < -0.39 is 18.7 Å². The van der Waals surface area contributed by atoms with Gasteiger partial charge in [0.25, 0.3) is 5.91 Å². The number of hydrogen-bond acceptors (Lipinski definition) is 4. The van der Waals surface area contributed by atoms with Gasteiger partial charge < -0.3 is 15.8 Å². The quantitative estimate of drug-likeness (QED) is 0.856. The number of carbonyl (C=O) groups is 1. The number of ether oxygens (including phenoxy) is 1. The van der Waals surface area contributed by atoms with Crippen LogP contribution in [0.5, 0.6) is 5.88 Å². The first-order valence-electron chi connectivity index (χ1n) is 6.62. The molecule has 1 amide bonds. The molecule has 2 rings (SSSR count). The van der Waals surface area contributed by atoms with Gasteiger partial charge in [-0.2, -0.15) is 13.2 Å². The average Bonchev–Trinajstić information content (AvgIpc) is 2.51. The van der Waals surface area contributed by atoms with E-state index in [1.807, 2.05) is 0 Å². The highest BCUT2D eigenvalue weighted by Crippen LogP contribution is 2.18. The van der Waals surface area contributed by atoms with Crippen LogP contribution < -0.4 is 15.8 Å². The van der Waals surface area contributed by atoms with Gasteiger partial charge in [0.15, 0.2) is 6.61 Å². The summed E-state index contributed by atoms with van der Waals surface area (Å²) in [6, 6.07) is 9.67. The Hall–Kier alpha value is -2.77. The summed E-state index contributed by atoms with van der Waals surface area (Å²) in [6.45, 7) is -1.06. The molecule has 0 atom stereocenters. The lowest BCUT2D eigenvalue weighted by Crippen LogP contribution is -2.19. The molecule has 2 aromatic rings. The van der Waals surface area contributed by atoms with E-state index in [1.165, 1.54) is 12.3 Å². The van der Waals surface area contributed by atoms with Gasteiger partial charge in [-0.15, -0.1) is 0 Å². The fourth-order valence-electron chi connectivity index (χ4n) is 1.81. The summed E-state index contributed by atoms with van der Waals surface area (Å²) in [7, 11) is 0. The summed E-state index contributed by atoms with van der Waals surface area (Å²) >= 11 is 0. The average molecular weight is 325 g/mol. The summed E-state index contributed by atoms with van der Waals surface area (Å²) in [6.07, 6.45) is -3.01. The van der Waals surface area contributed by atoms with Gasteiger partial charge in [0.2, 0.25) is 5.88 Å². The second-order valence-corrected chi connectivity index (χ2v) is 4.67. The van der Waals surface area contributed by atoms with Crippen LogP contribution in [0, 0.1) is 0 Å². The minimum Gasteiger partial charge on any atom is -0.468 e. The Balaban J connectivity index is 1.96. The molecule has 0 aliphatic rings. The number of benzene rings is 1. The third kappa shape index (κ3) is 5.17. The number of aromatic nitrogens is 1. The maximum absolute atomic E-state index is 12.0. The highest BCUT2D eigenvalue weighted by Gasteiger charge is 2.28. The van der Waals surface area contributed by atoms with Gasteiger partial charge >= 0.3 is 6.18 Å². The number of pyridine rings is 1. The number of para-hydroxylation sites is 1. The zero-order valence-corrected chi connectivity index (χ0v) is 11.9. The molecular weight excluding hydrogens is 311 g/mol. The molecule has 1 aromatic carbocycles. The summed E-state index contributed by atoms with van der Waals surface area (Å²) < 4.78 is 40.6. The molecule has 1 heterocycles. The Kier molecular flexibility index (Phi) is 5.05. The van der Waals surface area contributed by atoms with Crippen molar-refractivity contribution < 1.29 is 22.7 Å². The molecule has 1 aromatic heterocycles. The zero-order valence-electron chi connectivity index (χ0n) is 11.9. The van der Waals surface area contributed by atoms with Gasteiger partial charge in [0, 0.05) is 24.5 Å². The number of nitrogens with one attached hydrogen (secondary N) is 1. The maximum atomic E-state index is 12.0. The fourth-order valence-corrected chi connectivity index (χ4v) is 1.81. The van der Waals surface area contributed by atoms with Gasteiger partial charge in [-0.1, -0.05) is 18.2 Å². The van der Waals surface area contributed by atoms with Crippen molar-refractivity contribution >= 4 is 11.6 Å². The minimum atomic E-state index is -4.40. The van der Waals surface area contributed by atoms with Crippen LogP contribution in [0.25, 0.3) is 0 Å². The summed E-state index contributed by atoms with van der Waals surface area (Å²) in [4.78, 5) is 15.1. The first-order valence-corrected chi connectivity index (χ1v) is 6.62. The second-order valence-electron chi connectivity index (χ2n) is 4.67. The molecule has 0 fully saturated rings. The molecule has 0 aliphatic carbocycles. The van der Waals surface area contributed by atoms with E-state index in [1.54, 1.807) is 30.3 Å². The molecule has 0 bridgehead atoms. The smallest absolute Gasteiger partial charge is 0.422 e. The molecule has 0 unspecified atom stereocenters. The third-order valence-electron chi connectivity index (χ3n) is 2.86. The number of rotatable bonds is 6. The Morgan fingerprint density at radius 3 is 2.57 bits per heavy atom. The highest BCUT2D eigenvalue weighted by atomic mass is 19.4. The van der Waals surface area contributed by atoms with E-state index >= 15 is 0 Å². The molecule has 0 aliphatic heterocycles. The number of anilines is 1. The Bertz CT molecular complexity index is 672. The minimum absolute atomic E-state index is 0.108. The third-order valence-corrected chi connectivity index (χ3v) is 2.86. The van der Waals surface area contributed by atoms with Crippen molar-refractivity contribution in [1.29, 1.82) is 0 Å². The zero-order chi connectivity index (χ0) is 16.9. The summed E-state index contributed by atoms with van der Waals surface area (Å²) in [5.41, 5.74) is 6.90. The van der Waals surface area contributed by atoms with Gasteiger partial charge in [-0.05, 0) is 17.7 Å². The van der Waals surface area contributed by atoms with Gasteiger partial charge in [0.05, 0.1) is 5.56 Å². The summed E-state index contributed by atoms with van der Waals surface area (Å²) in [5.74, 6) is -0.661. The predicted molar refractivity (Wildman–Crippen MR) is 78.1 cm³/mol. The molecule has 5 nitrogen and oxygen atoms in total. The van der Waals surface area contributed by atoms with E-state index in [2.05, 4.69) is 15.0 Å². The molecule has 8 heteroatoms. The molecule has 3 N–H and O–H groups in total. The standard InChI is InChI=1S/C15H14F3N3O2/c16-15(17,18)9-23-13-6-5-10(8-21-13)7-20-12-4-2-1-3-11(12)14(19)22/h1-6,8,20H,7,9H2,(H2,19,22). The van der Waals surface area contributed by atoms with Gasteiger partial charge in [-0.25, -0.2) is 4.98 Å². The topological polar surface area (TPSA) is 77.2 Å². The molecule has 0 radical (unpaired) electrons. The number of nitrogens with two attached hydrogens (primary N) is 1. The van der Waals surface area contributed by atoms with Gasteiger partial charge in [-0.3, -0.25) is 4.79 Å². The Labute approximate surface area is 130 Å². The largest absolute Gasteiger partial charge is 0.468 e. The number of amides is 1. The van der Waals surface area contributed by atoms with Crippen LogP contribution >= 0.6 is 0 Å². The van der Waals surface area contributed by atoms with Crippen molar-refractivity contribution in [2.75, 3.05) is 11.9 Å². The van der Waals surface area contributed by atoms with Crippen molar-refractivity contribution in [3.05, 3.63) is 53.7 Å². The number of alkyl halides is 3. The van der Waals surface area contributed by atoms with Crippen LogP contribution in [0.1, 0.15) is 15.9 Å². The van der Waals surface area contributed by atoms with Crippen LogP contribution in [0.15, 0.2) is 42.6 Å². The lowest BCUT2D eigenvalue weighted by atomic mass is 10.1. The normalized spacial score (nSPS) is 11.1. The van der Waals surface area contributed by atoms with Crippen molar-refractivity contribution in [2.24, 2.45) is 5.73 Å². The van der Waals surface area contributed by atoms with Crippen molar-refractivity contribution in [1.82, 2.24) is 4.98 Å². The van der Waals surface area contributed by atoms with E-state index in [4.69, 9.17) is 5.73 Å². The Morgan fingerprint density at radius 1 is 1.22 bits per heavy atom. The van der Waals surface area contributed by atoms with E-state index in [0.717, 1.165) is 0 Å². The van der Waals surface area contributed by atoms with Crippen LogP contribution in [0.2, 0.25) is 0 Å². The van der Waals surface area contributed by atoms with Gasteiger partial charge in [0.1, 0.15) is 0 Å². The van der Waals surface area contributed by atoms with Crippen molar-refractivity contribution in [3.63, 3.8) is 0 Å². The molecule has 0 saturated carbocycles. The second kappa shape index (κ2) is 6.99. The maximum Gasteiger partial charge on any atom is 0.422 e. The van der Waals surface area contributed by atoms with Crippen LogP contribution in [-0.2, 0) is 6.54 Å². The van der Waals surface area contributed by atoms with E-state index in [0.29, 0.717) is 23.4 Å². The lowest BCUT2D eigenvalue weighted by molar-refractivity contribution is -0.154. The van der Waals surface area contributed by atoms with Crippen LogP contribution in [0.3, 0.4) is 0 Å². The lowest BCUT2D eigenvalue weighted by Gasteiger charge is -2.11. The number of primary amides is 1. The first kappa shape index (κ1) is 16.6. The Morgan fingerprint density at radius 2 is 1.96 bits per heavy atom. The van der Waals surface area contributed by atoms with Crippen LogP contribution in [0.4, 0.5) is 18.9 Å². The molecule has 0 spiro atoms. The van der Waals surface area contributed by atoms with Crippen LogP contribution in [-0.4, -0.2) is 23.7 Å². The van der Waals surface area contributed by atoms with Crippen molar-refractivity contribution in [3.8, 4) is 5.88 Å². The number of halogens is 3. The number of hydrogen-bond donors (Lipinski definition) is 2. The number of carbonyl (C=O) groups excluding carboxylic acids is 1. The van der Waals surface area contributed by atoms with E-state index in [-0.39, 0.29) is 5.88 Å². The monoisotopic (exact) mass is 325 g/mol. The molecule has 0 saturated heterocycles. The number of nitrogens with zero attached hydrogens (tertiary/aromatic N) is 1. The predicted octanol–water partition coefficient (Wildman–Crippen LogP) is 2.73. The fraction of sp³-hybridized carbons (Fsp3) is 0.200. The molecular formula is C15H14F3N3O2.